The topological polar surface area (TPSA) is 128 Å². The van der Waals surface area contributed by atoms with E-state index in [0.29, 0.717) is 13.2 Å². The molecule has 9 nitrogen and oxygen atoms in total. The van der Waals surface area contributed by atoms with Gasteiger partial charge in [-0.3, -0.25) is 4.79 Å². The number of nitrogens with zero attached hydrogens (tertiary/aromatic N) is 1. The van der Waals surface area contributed by atoms with Gasteiger partial charge in [0.2, 0.25) is 10.0 Å². The minimum absolute atomic E-state index is 0.0188. The lowest BCUT2D eigenvalue weighted by Crippen LogP contribution is -2.43. The van der Waals surface area contributed by atoms with Crippen molar-refractivity contribution in [1.82, 2.24) is 9.62 Å². The second kappa shape index (κ2) is 12.8. The van der Waals surface area contributed by atoms with Crippen molar-refractivity contribution in [2.24, 2.45) is 5.73 Å². The number of nitrogens with two attached hydrogens (primary N) is 1. The summed E-state index contributed by atoms with van der Waals surface area (Å²) >= 11 is 1.17. The van der Waals surface area contributed by atoms with Crippen LogP contribution in [-0.2, 0) is 30.9 Å². The first-order chi connectivity index (χ1) is 15.2. The van der Waals surface area contributed by atoms with Crippen LogP contribution in [0.3, 0.4) is 0 Å². The number of esters is 2. The average molecular weight is 484 g/mol. The first-order valence-corrected chi connectivity index (χ1v) is 12.5. The van der Waals surface area contributed by atoms with Crippen molar-refractivity contribution in [3.05, 3.63) is 52.2 Å². The van der Waals surface area contributed by atoms with E-state index in [1.807, 2.05) is 0 Å². The summed E-state index contributed by atoms with van der Waals surface area (Å²) in [5.41, 5.74) is 5.71. The number of benzene rings is 1. The lowest BCUT2D eigenvalue weighted by molar-refractivity contribution is -0.138. The summed E-state index contributed by atoms with van der Waals surface area (Å²) in [5, 5.41) is 0. The summed E-state index contributed by atoms with van der Waals surface area (Å²) in [6.07, 6.45) is -1.73. The maximum Gasteiger partial charge on any atom is 0.355 e. The highest BCUT2D eigenvalue weighted by Crippen LogP contribution is 2.19. The zero-order valence-electron chi connectivity index (χ0n) is 18.2. The van der Waals surface area contributed by atoms with Crippen LogP contribution in [-0.4, -0.2) is 57.7 Å². The van der Waals surface area contributed by atoms with Crippen LogP contribution in [0.2, 0.25) is 0 Å². The Hall–Kier alpha value is -2.15. The van der Waals surface area contributed by atoms with Gasteiger partial charge in [0, 0.05) is 11.4 Å². The van der Waals surface area contributed by atoms with Gasteiger partial charge in [-0.05, 0) is 37.4 Å². The molecule has 0 bridgehead atoms. The van der Waals surface area contributed by atoms with Crippen LogP contribution in [0, 0.1) is 0 Å². The fourth-order valence-electron chi connectivity index (χ4n) is 2.75. The zero-order chi connectivity index (χ0) is 23.6. The van der Waals surface area contributed by atoms with Crippen molar-refractivity contribution < 1.29 is 27.5 Å². The van der Waals surface area contributed by atoms with Gasteiger partial charge in [0.25, 0.3) is 0 Å². The minimum Gasteiger partial charge on any atom is -0.389 e. The van der Waals surface area contributed by atoms with Gasteiger partial charge in [0.05, 0.1) is 30.7 Å². The molecule has 2 rings (SSSR count). The number of carbonyl (C=O) groups is 2. The Kier molecular flexibility index (Phi) is 10.4. The first kappa shape index (κ1) is 26.1. The monoisotopic (exact) mass is 483 g/mol. The number of hydrogen-bond donors (Lipinski definition) is 2. The molecule has 0 aliphatic carbocycles. The number of carbonyl (C=O) groups excluding carboxylic acids is 2. The second-order valence-corrected chi connectivity index (χ2v) is 9.73. The molecular weight excluding hydrogens is 454 g/mol. The van der Waals surface area contributed by atoms with Crippen molar-refractivity contribution in [3.8, 4) is 0 Å². The quantitative estimate of drug-likeness (QED) is 0.191. The number of ether oxygens (including phenoxy) is 2. The number of nitrogens with one attached hydrogen (secondary N) is 1. The third-order valence-electron chi connectivity index (χ3n) is 4.51. The summed E-state index contributed by atoms with van der Waals surface area (Å²) in [6.45, 7) is 7.87. The molecule has 3 N–H and O–H groups in total. The molecule has 0 saturated carbocycles. The second-order valence-electron chi connectivity index (χ2n) is 6.85. The van der Waals surface area contributed by atoms with E-state index < -0.39 is 34.5 Å². The van der Waals surface area contributed by atoms with Crippen molar-refractivity contribution in [1.29, 1.82) is 0 Å². The third-order valence-corrected chi connectivity index (χ3v) is 7.05. The van der Waals surface area contributed by atoms with Gasteiger partial charge in [0.15, 0.2) is 0 Å². The standard InChI is InChI=1S/C21H29N3O6S2/c1-3-24(4-2)12-13-29-15-16-10-11-18(31-16)21(26)30-20(25)14-19(22)23-32(27,28)17-8-6-5-7-9-17/h5-11,19,23H,3-4,12-15,22H2,1-2H3/t19-/m0/s1. The predicted molar refractivity (Wildman–Crippen MR) is 122 cm³/mol. The molecule has 11 heteroatoms. The SMILES string of the molecule is CCN(CC)CCOCc1ccc(C(=O)OC(=O)C[C@@H](N)NS(=O)(=O)c2ccccc2)s1. The number of hydrogen-bond acceptors (Lipinski definition) is 9. The fourth-order valence-corrected chi connectivity index (χ4v) is 4.71. The van der Waals surface area contributed by atoms with Crippen LogP contribution in [0.15, 0.2) is 47.4 Å². The molecule has 32 heavy (non-hydrogen) atoms. The molecule has 0 fully saturated rings. The Bertz CT molecular complexity index is 974. The normalized spacial score (nSPS) is 12.6. The van der Waals surface area contributed by atoms with Gasteiger partial charge in [-0.15, -0.1) is 11.3 Å². The van der Waals surface area contributed by atoms with Crippen LogP contribution in [0.5, 0.6) is 0 Å². The van der Waals surface area contributed by atoms with Crippen LogP contribution in [0.4, 0.5) is 0 Å². The van der Waals surface area contributed by atoms with Gasteiger partial charge >= 0.3 is 11.9 Å². The van der Waals surface area contributed by atoms with E-state index in [0.717, 1.165) is 24.5 Å². The molecule has 1 aromatic heterocycles. The van der Waals surface area contributed by atoms with E-state index in [4.69, 9.17) is 15.2 Å². The largest absolute Gasteiger partial charge is 0.389 e. The average Bonchev–Trinajstić information content (AvgIpc) is 3.23. The predicted octanol–water partition coefficient (Wildman–Crippen LogP) is 1.94. The number of rotatable bonds is 13. The van der Waals surface area contributed by atoms with Gasteiger partial charge in [-0.25, -0.2) is 13.2 Å². The number of sulfonamides is 1. The minimum atomic E-state index is -3.89. The lowest BCUT2D eigenvalue weighted by Gasteiger charge is -2.17. The Morgan fingerprint density at radius 1 is 1.12 bits per heavy atom. The highest BCUT2D eigenvalue weighted by Gasteiger charge is 2.22. The van der Waals surface area contributed by atoms with E-state index in [1.165, 1.54) is 23.5 Å². The Morgan fingerprint density at radius 2 is 1.81 bits per heavy atom. The Balaban J connectivity index is 1.78. The molecule has 1 heterocycles. The summed E-state index contributed by atoms with van der Waals surface area (Å²) in [4.78, 5) is 27.6. The molecule has 2 aromatic rings. The van der Waals surface area contributed by atoms with Crippen LogP contribution in [0.25, 0.3) is 0 Å². The van der Waals surface area contributed by atoms with E-state index >= 15 is 0 Å². The lowest BCUT2D eigenvalue weighted by atomic mass is 10.3. The summed E-state index contributed by atoms with van der Waals surface area (Å²) < 4.78 is 37.1. The first-order valence-electron chi connectivity index (χ1n) is 10.2. The molecule has 0 spiro atoms. The van der Waals surface area contributed by atoms with Gasteiger partial charge in [-0.2, -0.15) is 4.72 Å². The van der Waals surface area contributed by atoms with Gasteiger partial charge in [0.1, 0.15) is 4.88 Å². The summed E-state index contributed by atoms with van der Waals surface area (Å²) in [5.74, 6) is -1.74. The molecule has 0 radical (unpaired) electrons. The molecule has 0 amide bonds. The van der Waals surface area contributed by atoms with E-state index in [9.17, 15) is 18.0 Å². The molecule has 0 unspecified atom stereocenters. The Labute approximate surface area is 192 Å². The maximum atomic E-state index is 12.2. The highest BCUT2D eigenvalue weighted by molar-refractivity contribution is 7.89. The molecule has 0 saturated heterocycles. The number of thiophene rings is 1. The summed E-state index contributed by atoms with van der Waals surface area (Å²) in [7, 11) is -3.89. The van der Waals surface area contributed by atoms with E-state index in [1.54, 1.807) is 30.3 Å². The zero-order valence-corrected chi connectivity index (χ0v) is 19.8. The molecule has 1 atom stereocenters. The third kappa shape index (κ3) is 8.41. The fraction of sp³-hybridized carbons (Fsp3) is 0.429. The maximum absolute atomic E-state index is 12.2. The molecule has 0 aliphatic rings. The van der Waals surface area contributed by atoms with Gasteiger partial charge in [-0.1, -0.05) is 32.0 Å². The molecular formula is C21H29N3O6S2. The Morgan fingerprint density at radius 3 is 2.47 bits per heavy atom. The highest BCUT2D eigenvalue weighted by atomic mass is 32.2. The van der Waals surface area contributed by atoms with Crippen LogP contribution in [0.1, 0.15) is 34.8 Å². The van der Waals surface area contributed by atoms with Crippen molar-refractivity contribution in [2.75, 3.05) is 26.2 Å². The van der Waals surface area contributed by atoms with Crippen molar-refractivity contribution in [2.45, 2.75) is 37.9 Å². The molecule has 176 valence electrons. The van der Waals surface area contributed by atoms with Crippen molar-refractivity contribution >= 4 is 33.3 Å². The van der Waals surface area contributed by atoms with Crippen LogP contribution < -0.4 is 10.5 Å². The van der Waals surface area contributed by atoms with Gasteiger partial charge < -0.3 is 20.1 Å². The van der Waals surface area contributed by atoms with Crippen molar-refractivity contribution in [3.63, 3.8) is 0 Å². The molecule has 1 aromatic carbocycles. The van der Waals surface area contributed by atoms with Crippen LogP contribution >= 0.6 is 11.3 Å². The summed E-state index contributed by atoms with van der Waals surface area (Å²) in [6, 6.07) is 10.9. The van der Waals surface area contributed by atoms with E-state index in [-0.39, 0.29) is 9.77 Å². The number of likely N-dealkylation sites (N-methyl/N-ethyl adjacent to an activating group) is 1. The van der Waals surface area contributed by atoms with E-state index in [2.05, 4.69) is 23.5 Å². The smallest absolute Gasteiger partial charge is 0.355 e. The molecule has 0 aliphatic heterocycles.